The highest BCUT2D eigenvalue weighted by Crippen LogP contribution is 2.47. The lowest BCUT2D eigenvalue weighted by Gasteiger charge is -2.36. The number of ether oxygens (including phenoxy) is 3. The second-order valence-corrected chi connectivity index (χ2v) is 7.69. The zero-order valence-corrected chi connectivity index (χ0v) is 17.5. The second kappa shape index (κ2) is 9.03. The standard InChI is InChI=1S/C23H30NO5/c1-15(25)23(2)19(14-24-22(23)26)17-8-9-20(28-4)21(13-17)29-11-10-16-6-5-7-18(12-16)27-3/h5-9,12-13,15,19,22,25-26H,10-11,14H2,1-4H3/t15-,19+,22?,23-/m1/s1. The highest BCUT2D eigenvalue weighted by molar-refractivity contribution is 5.45. The SMILES string of the molecule is COc1cccc(CCOc2cc([C@@H]3C[N]C(O)[C@]3(C)[C@@H](C)O)ccc2OC)c1. The van der Waals surface area contributed by atoms with Crippen LogP contribution in [0.15, 0.2) is 42.5 Å². The molecule has 2 aromatic rings. The van der Waals surface area contributed by atoms with E-state index < -0.39 is 17.7 Å². The van der Waals surface area contributed by atoms with Crippen molar-refractivity contribution in [3.63, 3.8) is 0 Å². The fraction of sp³-hybridized carbons (Fsp3) is 0.478. The Morgan fingerprint density at radius 3 is 2.62 bits per heavy atom. The van der Waals surface area contributed by atoms with Crippen molar-refractivity contribution in [2.45, 2.75) is 38.5 Å². The Labute approximate surface area is 172 Å². The number of hydrogen-bond acceptors (Lipinski definition) is 5. The lowest BCUT2D eigenvalue weighted by molar-refractivity contribution is -0.0474. The van der Waals surface area contributed by atoms with Gasteiger partial charge in [0.2, 0.25) is 0 Å². The number of methoxy groups -OCH3 is 2. The molecule has 2 N–H and O–H groups in total. The Kier molecular flexibility index (Phi) is 6.67. The monoisotopic (exact) mass is 400 g/mol. The molecule has 0 aliphatic carbocycles. The van der Waals surface area contributed by atoms with Gasteiger partial charge < -0.3 is 24.4 Å². The van der Waals surface area contributed by atoms with Gasteiger partial charge >= 0.3 is 0 Å². The third kappa shape index (κ3) is 4.34. The van der Waals surface area contributed by atoms with E-state index in [0.29, 0.717) is 24.7 Å². The van der Waals surface area contributed by atoms with E-state index in [-0.39, 0.29) is 5.92 Å². The molecule has 1 heterocycles. The summed E-state index contributed by atoms with van der Waals surface area (Å²) in [5, 5.41) is 24.9. The normalized spacial score (nSPS) is 24.9. The first-order chi connectivity index (χ1) is 13.9. The van der Waals surface area contributed by atoms with Gasteiger partial charge in [-0.1, -0.05) is 25.1 Å². The molecule has 0 amide bonds. The lowest BCUT2D eigenvalue weighted by Crippen LogP contribution is -2.42. The van der Waals surface area contributed by atoms with Gasteiger partial charge in [-0.2, -0.15) is 0 Å². The number of nitrogens with zero attached hydrogens (tertiary/aromatic N) is 1. The van der Waals surface area contributed by atoms with Crippen LogP contribution >= 0.6 is 0 Å². The molecule has 0 saturated carbocycles. The zero-order chi connectivity index (χ0) is 21.0. The molecule has 0 spiro atoms. The molecule has 6 heteroatoms. The van der Waals surface area contributed by atoms with E-state index >= 15 is 0 Å². The average molecular weight is 400 g/mol. The minimum absolute atomic E-state index is 0.107. The van der Waals surface area contributed by atoms with E-state index in [4.69, 9.17) is 14.2 Å². The molecule has 29 heavy (non-hydrogen) atoms. The number of aliphatic hydroxyl groups is 2. The van der Waals surface area contributed by atoms with Crippen LogP contribution in [0, 0.1) is 5.41 Å². The van der Waals surface area contributed by atoms with E-state index in [9.17, 15) is 10.2 Å². The predicted molar refractivity (Wildman–Crippen MR) is 111 cm³/mol. The van der Waals surface area contributed by atoms with Crippen LogP contribution in [0.5, 0.6) is 17.2 Å². The van der Waals surface area contributed by atoms with Crippen molar-refractivity contribution in [2.24, 2.45) is 5.41 Å². The largest absolute Gasteiger partial charge is 0.497 e. The molecule has 1 aliphatic rings. The maximum Gasteiger partial charge on any atom is 0.161 e. The third-order valence-corrected chi connectivity index (χ3v) is 6.04. The minimum Gasteiger partial charge on any atom is -0.497 e. The van der Waals surface area contributed by atoms with E-state index in [1.165, 1.54) is 0 Å². The van der Waals surface area contributed by atoms with Gasteiger partial charge in [0.05, 0.1) is 26.9 Å². The molecule has 157 valence electrons. The van der Waals surface area contributed by atoms with Crippen molar-refractivity contribution in [2.75, 3.05) is 27.4 Å². The van der Waals surface area contributed by atoms with Gasteiger partial charge in [-0.05, 0) is 42.3 Å². The highest BCUT2D eigenvalue weighted by Gasteiger charge is 2.50. The molecule has 1 saturated heterocycles. The Morgan fingerprint density at radius 2 is 1.93 bits per heavy atom. The predicted octanol–water partition coefficient (Wildman–Crippen LogP) is 2.73. The molecule has 0 bridgehead atoms. The van der Waals surface area contributed by atoms with E-state index in [1.807, 2.05) is 49.4 Å². The molecule has 1 unspecified atom stereocenters. The average Bonchev–Trinajstić information content (AvgIpc) is 3.04. The number of aliphatic hydroxyl groups excluding tert-OH is 2. The third-order valence-electron chi connectivity index (χ3n) is 6.04. The zero-order valence-electron chi connectivity index (χ0n) is 17.5. The van der Waals surface area contributed by atoms with Gasteiger partial charge in [-0.25, -0.2) is 5.32 Å². The van der Waals surface area contributed by atoms with E-state index in [1.54, 1.807) is 21.1 Å². The van der Waals surface area contributed by atoms with Crippen LogP contribution in [0.3, 0.4) is 0 Å². The van der Waals surface area contributed by atoms with Crippen LogP contribution in [0.25, 0.3) is 0 Å². The highest BCUT2D eigenvalue weighted by atomic mass is 16.5. The molecule has 4 atom stereocenters. The summed E-state index contributed by atoms with van der Waals surface area (Å²) in [5.74, 6) is 2.00. The summed E-state index contributed by atoms with van der Waals surface area (Å²) in [4.78, 5) is 0. The van der Waals surface area contributed by atoms with Gasteiger partial charge in [-0.3, -0.25) is 0 Å². The molecule has 2 aromatic carbocycles. The maximum absolute atomic E-state index is 10.3. The van der Waals surface area contributed by atoms with Crippen LogP contribution in [-0.2, 0) is 6.42 Å². The van der Waals surface area contributed by atoms with Gasteiger partial charge in [-0.15, -0.1) is 0 Å². The minimum atomic E-state index is -0.896. The van der Waals surface area contributed by atoms with E-state index in [0.717, 1.165) is 23.3 Å². The fourth-order valence-electron chi connectivity index (χ4n) is 3.88. The van der Waals surface area contributed by atoms with Crippen LogP contribution in [-0.4, -0.2) is 49.9 Å². The Balaban J connectivity index is 1.77. The summed E-state index contributed by atoms with van der Waals surface area (Å²) in [6.45, 7) is 4.51. The van der Waals surface area contributed by atoms with Gasteiger partial charge in [0, 0.05) is 24.3 Å². The number of hydrogen-bond donors (Lipinski definition) is 2. The number of benzene rings is 2. The first kappa shape index (κ1) is 21.4. The summed E-state index contributed by atoms with van der Waals surface area (Å²) < 4.78 is 16.8. The van der Waals surface area contributed by atoms with Crippen LogP contribution in [0.2, 0.25) is 0 Å². The molecule has 1 aliphatic heterocycles. The van der Waals surface area contributed by atoms with Crippen LogP contribution in [0.1, 0.15) is 30.9 Å². The topological polar surface area (TPSA) is 82.3 Å². The summed E-state index contributed by atoms with van der Waals surface area (Å²) in [5.41, 5.74) is 1.34. The Morgan fingerprint density at radius 1 is 1.14 bits per heavy atom. The maximum atomic E-state index is 10.3. The molecule has 1 radical (unpaired) electrons. The summed E-state index contributed by atoms with van der Waals surface area (Å²) in [6.07, 6.45) is -0.867. The Bertz CT molecular complexity index is 825. The molecule has 1 fully saturated rings. The van der Waals surface area contributed by atoms with Gasteiger partial charge in [0.25, 0.3) is 0 Å². The van der Waals surface area contributed by atoms with Crippen molar-refractivity contribution >= 4 is 0 Å². The quantitative estimate of drug-likeness (QED) is 0.712. The lowest BCUT2D eigenvalue weighted by atomic mass is 9.71. The van der Waals surface area contributed by atoms with Crippen molar-refractivity contribution < 1.29 is 24.4 Å². The fourth-order valence-corrected chi connectivity index (χ4v) is 3.88. The smallest absolute Gasteiger partial charge is 0.161 e. The van der Waals surface area contributed by atoms with Crippen LogP contribution < -0.4 is 19.5 Å². The molecule has 3 rings (SSSR count). The molecular weight excluding hydrogens is 370 g/mol. The van der Waals surface area contributed by atoms with Gasteiger partial charge in [0.1, 0.15) is 12.0 Å². The molecular formula is C23H30NO5. The molecule has 0 aromatic heterocycles. The first-order valence-electron chi connectivity index (χ1n) is 9.86. The van der Waals surface area contributed by atoms with Crippen molar-refractivity contribution in [3.8, 4) is 17.2 Å². The first-order valence-corrected chi connectivity index (χ1v) is 9.86. The summed E-state index contributed by atoms with van der Waals surface area (Å²) >= 11 is 0. The van der Waals surface area contributed by atoms with Crippen molar-refractivity contribution in [1.29, 1.82) is 0 Å². The summed E-state index contributed by atoms with van der Waals surface area (Å²) in [6, 6.07) is 13.7. The Hall–Kier alpha value is -2.28. The van der Waals surface area contributed by atoms with Crippen molar-refractivity contribution in [1.82, 2.24) is 5.32 Å². The van der Waals surface area contributed by atoms with Crippen LogP contribution in [0.4, 0.5) is 0 Å². The van der Waals surface area contributed by atoms with Gasteiger partial charge in [0.15, 0.2) is 11.5 Å². The second-order valence-electron chi connectivity index (χ2n) is 7.69. The van der Waals surface area contributed by atoms with Crippen molar-refractivity contribution in [3.05, 3.63) is 53.6 Å². The summed E-state index contributed by atoms with van der Waals surface area (Å²) in [7, 11) is 3.26. The van der Waals surface area contributed by atoms with E-state index in [2.05, 4.69) is 5.32 Å². The molecule has 6 nitrogen and oxygen atoms in total. The number of rotatable bonds is 8.